The van der Waals surface area contributed by atoms with Gasteiger partial charge >= 0.3 is 0 Å². The van der Waals surface area contributed by atoms with E-state index in [2.05, 4.69) is 31.6 Å². The third-order valence-corrected chi connectivity index (χ3v) is 7.42. The zero-order valence-electron chi connectivity index (χ0n) is 17.4. The van der Waals surface area contributed by atoms with E-state index in [1.807, 2.05) is 36.4 Å². The van der Waals surface area contributed by atoms with Gasteiger partial charge in [-0.1, -0.05) is 35.9 Å². The number of nitrogens with one attached hydrogen (secondary N) is 1. The quantitative estimate of drug-likeness (QED) is 0.520. The van der Waals surface area contributed by atoms with Crippen molar-refractivity contribution >= 4 is 38.1 Å². The fraction of sp³-hybridized carbons (Fsp3) is 0.348. The van der Waals surface area contributed by atoms with Crippen LogP contribution in [-0.4, -0.2) is 57.6 Å². The van der Waals surface area contributed by atoms with E-state index < -0.39 is 10.0 Å². The molecular formula is C23H27ClN4O2S. The summed E-state index contributed by atoms with van der Waals surface area (Å²) in [6, 6.07) is 15.4. The van der Waals surface area contributed by atoms with E-state index in [1.54, 1.807) is 6.20 Å². The molecule has 4 rings (SSSR count). The molecule has 0 amide bonds. The maximum atomic E-state index is 12.7. The van der Waals surface area contributed by atoms with Crippen molar-refractivity contribution < 1.29 is 8.42 Å². The van der Waals surface area contributed by atoms with E-state index in [9.17, 15) is 8.42 Å². The normalized spacial score (nSPS) is 15.5. The van der Waals surface area contributed by atoms with Crippen LogP contribution in [0.3, 0.4) is 0 Å². The molecule has 2 heterocycles. The zero-order chi connectivity index (χ0) is 21.7. The van der Waals surface area contributed by atoms with Crippen molar-refractivity contribution in [2.75, 3.05) is 44.2 Å². The second kappa shape index (κ2) is 9.96. The first-order valence-electron chi connectivity index (χ1n) is 10.6. The molecule has 164 valence electrons. The van der Waals surface area contributed by atoms with E-state index in [0.717, 1.165) is 56.0 Å². The van der Waals surface area contributed by atoms with Crippen molar-refractivity contribution in [2.24, 2.45) is 0 Å². The number of halogens is 1. The third-order valence-electron chi connectivity index (χ3n) is 5.68. The summed E-state index contributed by atoms with van der Waals surface area (Å²) in [7, 11) is -3.58. The summed E-state index contributed by atoms with van der Waals surface area (Å²) in [4.78, 5) is 9.13. The fourth-order valence-corrected chi connectivity index (χ4v) is 5.30. The molecule has 0 radical (unpaired) electrons. The van der Waals surface area contributed by atoms with E-state index in [0.29, 0.717) is 11.9 Å². The Labute approximate surface area is 188 Å². The summed E-state index contributed by atoms with van der Waals surface area (Å²) < 4.78 is 28.2. The van der Waals surface area contributed by atoms with Gasteiger partial charge in [0.05, 0.1) is 0 Å². The Balaban J connectivity index is 1.20. The molecule has 1 aliphatic heterocycles. The minimum Gasteiger partial charge on any atom is -0.369 e. The number of sulfonamides is 1. The van der Waals surface area contributed by atoms with Gasteiger partial charge in [0.2, 0.25) is 10.0 Å². The summed E-state index contributed by atoms with van der Waals surface area (Å²) in [5.41, 5.74) is 1.21. The van der Waals surface area contributed by atoms with E-state index in [-0.39, 0.29) is 4.90 Å². The van der Waals surface area contributed by atoms with Crippen molar-refractivity contribution in [3.8, 4) is 0 Å². The van der Waals surface area contributed by atoms with Gasteiger partial charge in [0.1, 0.15) is 4.90 Å². The van der Waals surface area contributed by atoms with Crippen molar-refractivity contribution in [1.82, 2.24) is 14.6 Å². The van der Waals surface area contributed by atoms with Crippen LogP contribution in [0.5, 0.6) is 0 Å². The minimum absolute atomic E-state index is 0.240. The molecule has 31 heavy (non-hydrogen) atoms. The number of hydrogen-bond donors (Lipinski definition) is 1. The molecule has 0 atom stereocenters. The molecule has 2 aromatic carbocycles. The monoisotopic (exact) mass is 458 g/mol. The number of pyridine rings is 1. The molecule has 0 unspecified atom stereocenters. The summed E-state index contributed by atoms with van der Waals surface area (Å²) in [6.45, 7) is 5.40. The van der Waals surface area contributed by atoms with Crippen LogP contribution in [-0.2, 0) is 10.0 Å². The van der Waals surface area contributed by atoms with Crippen molar-refractivity contribution in [3.05, 3.63) is 65.9 Å². The summed E-state index contributed by atoms with van der Waals surface area (Å²) in [5, 5.41) is 2.28. The standard InChI is InChI=1S/C23H27ClN4O2S/c24-20-7-9-21(10-8-20)28-15-13-27(14-16-28)12-4-3-11-26-31(29,30)23-18-25-17-19-5-1-2-6-22(19)23/h1-2,5-10,17-18,26H,3-4,11-16H2. The zero-order valence-corrected chi connectivity index (χ0v) is 18.9. The Kier molecular flexibility index (Phi) is 7.07. The first-order valence-corrected chi connectivity index (χ1v) is 12.4. The van der Waals surface area contributed by atoms with Gasteiger partial charge in [-0.15, -0.1) is 0 Å². The lowest BCUT2D eigenvalue weighted by molar-refractivity contribution is 0.253. The molecule has 1 aromatic heterocycles. The van der Waals surface area contributed by atoms with E-state index >= 15 is 0 Å². The van der Waals surface area contributed by atoms with Crippen LogP contribution in [0.15, 0.2) is 65.8 Å². The highest BCUT2D eigenvalue weighted by Crippen LogP contribution is 2.21. The number of aromatic nitrogens is 1. The van der Waals surface area contributed by atoms with Crippen molar-refractivity contribution in [1.29, 1.82) is 0 Å². The van der Waals surface area contributed by atoms with Gasteiger partial charge in [-0.3, -0.25) is 9.88 Å². The number of piperazine rings is 1. The summed E-state index contributed by atoms with van der Waals surface area (Å²) in [5.74, 6) is 0. The van der Waals surface area contributed by atoms with Crippen LogP contribution >= 0.6 is 11.6 Å². The molecule has 0 saturated carbocycles. The number of unbranched alkanes of at least 4 members (excludes halogenated alkanes) is 1. The summed E-state index contributed by atoms with van der Waals surface area (Å²) >= 11 is 5.97. The molecule has 0 aliphatic carbocycles. The Hall–Kier alpha value is -2.19. The largest absolute Gasteiger partial charge is 0.369 e. The van der Waals surface area contributed by atoms with E-state index in [1.165, 1.54) is 11.9 Å². The van der Waals surface area contributed by atoms with Crippen LogP contribution in [0.1, 0.15) is 12.8 Å². The van der Waals surface area contributed by atoms with Crippen LogP contribution in [0.4, 0.5) is 5.69 Å². The molecule has 3 aromatic rings. The second-order valence-corrected chi connectivity index (χ2v) is 9.94. The number of benzene rings is 2. The maximum absolute atomic E-state index is 12.7. The van der Waals surface area contributed by atoms with Crippen LogP contribution in [0.25, 0.3) is 10.8 Å². The molecule has 1 fully saturated rings. The van der Waals surface area contributed by atoms with Crippen molar-refractivity contribution in [2.45, 2.75) is 17.7 Å². The fourth-order valence-electron chi connectivity index (χ4n) is 3.93. The van der Waals surface area contributed by atoms with E-state index in [4.69, 9.17) is 11.6 Å². The highest BCUT2D eigenvalue weighted by Gasteiger charge is 2.18. The van der Waals surface area contributed by atoms with Crippen LogP contribution in [0, 0.1) is 0 Å². The predicted molar refractivity (Wildman–Crippen MR) is 126 cm³/mol. The predicted octanol–water partition coefficient (Wildman–Crippen LogP) is 3.77. The molecule has 6 nitrogen and oxygen atoms in total. The Morgan fingerprint density at radius 1 is 0.935 bits per heavy atom. The SMILES string of the molecule is O=S(=O)(NCCCCN1CCN(c2ccc(Cl)cc2)CC1)c1cncc2ccccc12. The minimum atomic E-state index is -3.58. The van der Waals surface area contributed by atoms with Gasteiger partial charge in [-0.2, -0.15) is 0 Å². The van der Waals surface area contributed by atoms with Gasteiger partial charge in [0, 0.05) is 66.6 Å². The molecule has 1 N–H and O–H groups in total. The van der Waals surface area contributed by atoms with Gasteiger partial charge in [0.15, 0.2) is 0 Å². The van der Waals surface area contributed by atoms with Gasteiger partial charge in [-0.25, -0.2) is 13.1 Å². The van der Waals surface area contributed by atoms with Gasteiger partial charge < -0.3 is 4.90 Å². The lowest BCUT2D eigenvalue weighted by atomic mass is 10.2. The number of anilines is 1. The Morgan fingerprint density at radius 3 is 2.45 bits per heavy atom. The topological polar surface area (TPSA) is 65.5 Å². The number of hydrogen-bond acceptors (Lipinski definition) is 5. The number of fused-ring (bicyclic) bond motifs is 1. The highest BCUT2D eigenvalue weighted by molar-refractivity contribution is 7.89. The molecular weight excluding hydrogens is 432 g/mol. The highest BCUT2D eigenvalue weighted by atomic mass is 35.5. The maximum Gasteiger partial charge on any atom is 0.242 e. The number of rotatable bonds is 8. The first-order chi connectivity index (χ1) is 15.0. The average Bonchev–Trinajstić information content (AvgIpc) is 2.79. The summed E-state index contributed by atoms with van der Waals surface area (Å²) in [6.07, 6.45) is 4.86. The second-order valence-electron chi connectivity index (χ2n) is 7.77. The van der Waals surface area contributed by atoms with Gasteiger partial charge in [0.25, 0.3) is 0 Å². The third kappa shape index (κ3) is 5.54. The average molecular weight is 459 g/mol. The molecule has 0 spiro atoms. The first kappa shape index (κ1) is 22.0. The Morgan fingerprint density at radius 2 is 1.68 bits per heavy atom. The van der Waals surface area contributed by atoms with Crippen LogP contribution in [0.2, 0.25) is 5.02 Å². The smallest absolute Gasteiger partial charge is 0.242 e. The lowest BCUT2D eigenvalue weighted by Crippen LogP contribution is -2.46. The molecule has 1 saturated heterocycles. The number of nitrogens with zero attached hydrogens (tertiary/aromatic N) is 3. The molecule has 0 bridgehead atoms. The lowest BCUT2D eigenvalue weighted by Gasteiger charge is -2.36. The van der Waals surface area contributed by atoms with Gasteiger partial charge in [-0.05, 0) is 43.7 Å². The molecule has 1 aliphatic rings. The molecule has 8 heteroatoms. The Bertz CT molecular complexity index is 1110. The van der Waals surface area contributed by atoms with Crippen molar-refractivity contribution in [3.63, 3.8) is 0 Å². The van der Waals surface area contributed by atoms with Crippen LogP contribution < -0.4 is 9.62 Å².